The van der Waals surface area contributed by atoms with Crippen LogP contribution in [-0.4, -0.2) is 9.55 Å². The highest BCUT2D eigenvalue weighted by Gasteiger charge is 2.19. The molecule has 0 fully saturated rings. The normalized spacial score (nSPS) is 11.8. The van der Waals surface area contributed by atoms with E-state index >= 15 is 0 Å². The van der Waals surface area contributed by atoms with Crippen molar-refractivity contribution in [2.24, 2.45) is 0 Å². The summed E-state index contributed by atoms with van der Waals surface area (Å²) >= 11 is 0. The highest BCUT2D eigenvalue weighted by Crippen LogP contribution is 2.40. The van der Waals surface area contributed by atoms with Crippen molar-refractivity contribution in [1.82, 2.24) is 9.55 Å². The number of rotatable bonds is 7. The highest BCUT2D eigenvalue weighted by atomic mass is 16.3. The predicted octanol–water partition coefficient (Wildman–Crippen LogP) is 15.6. The predicted molar refractivity (Wildman–Crippen MR) is 243 cm³/mol. The van der Waals surface area contributed by atoms with Crippen LogP contribution in [0.1, 0.15) is 58.6 Å². The molecule has 0 bridgehead atoms. The zero-order valence-electron chi connectivity index (χ0n) is 33.9. The molecule has 282 valence electrons. The van der Waals surface area contributed by atoms with Gasteiger partial charge in [-0.2, -0.15) is 0 Å². The standard InChI is InChI=1S/C48H38N2O.C6H12/c1-31-29-35(48(2,3)4)30-43-46(31)51-47(49-43)34-23-21-32(22-24-34)37-13-5-7-15-39(37)40-16-8-6-14-38(40)33-25-27-36(28-26-33)50-44-19-11-9-17-41(44)42-18-10-12-20-45(42)50;1-3-5-6-4-2/h5-30H,1-4H3;3,5H,4,6H2,1-2H3/b;5-3-. The van der Waals surface area contributed by atoms with Crippen molar-refractivity contribution in [1.29, 1.82) is 0 Å². The van der Waals surface area contributed by atoms with Crippen LogP contribution in [0.25, 0.3) is 83.4 Å². The van der Waals surface area contributed by atoms with E-state index in [9.17, 15) is 0 Å². The smallest absolute Gasteiger partial charge is 0.227 e. The maximum Gasteiger partial charge on any atom is 0.227 e. The Bertz CT molecular complexity index is 2790. The molecule has 0 amide bonds. The van der Waals surface area contributed by atoms with Crippen LogP contribution in [0, 0.1) is 6.92 Å². The number of allylic oxidation sites excluding steroid dienone is 2. The zero-order valence-corrected chi connectivity index (χ0v) is 33.9. The van der Waals surface area contributed by atoms with Crippen LogP contribution in [-0.2, 0) is 5.41 Å². The summed E-state index contributed by atoms with van der Waals surface area (Å²) < 4.78 is 8.68. The van der Waals surface area contributed by atoms with E-state index in [0.29, 0.717) is 5.89 Å². The van der Waals surface area contributed by atoms with Gasteiger partial charge in [0.25, 0.3) is 0 Å². The van der Waals surface area contributed by atoms with Crippen LogP contribution in [0.4, 0.5) is 0 Å². The molecule has 2 heterocycles. The fourth-order valence-electron chi connectivity index (χ4n) is 7.81. The molecular formula is C54H50N2O. The third-order valence-corrected chi connectivity index (χ3v) is 10.8. The fourth-order valence-corrected chi connectivity index (χ4v) is 7.81. The molecule has 9 rings (SSSR count). The lowest BCUT2D eigenvalue weighted by Crippen LogP contribution is -2.11. The van der Waals surface area contributed by atoms with Gasteiger partial charge in [-0.3, -0.25) is 0 Å². The van der Waals surface area contributed by atoms with E-state index in [4.69, 9.17) is 9.40 Å². The molecule has 7 aromatic carbocycles. The summed E-state index contributed by atoms with van der Waals surface area (Å²) in [5, 5.41) is 2.54. The summed E-state index contributed by atoms with van der Waals surface area (Å²) in [7, 11) is 0. The van der Waals surface area contributed by atoms with Gasteiger partial charge in [0.15, 0.2) is 5.58 Å². The van der Waals surface area contributed by atoms with Crippen molar-refractivity contribution in [3.63, 3.8) is 0 Å². The van der Waals surface area contributed by atoms with Crippen molar-refractivity contribution >= 4 is 32.9 Å². The third kappa shape index (κ3) is 7.46. The van der Waals surface area contributed by atoms with Gasteiger partial charge in [-0.1, -0.05) is 162 Å². The zero-order chi connectivity index (χ0) is 39.5. The van der Waals surface area contributed by atoms with Crippen molar-refractivity contribution in [2.45, 2.75) is 59.8 Å². The number of hydrogen-bond acceptors (Lipinski definition) is 2. The molecule has 0 N–H and O–H groups in total. The molecule has 0 atom stereocenters. The summed E-state index contributed by atoms with van der Waals surface area (Å²) in [5.41, 5.74) is 15.8. The molecule has 0 aliphatic heterocycles. The minimum absolute atomic E-state index is 0.0443. The monoisotopic (exact) mass is 742 g/mol. The molecule has 3 nitrogen and oxygen atoms in total. The lowest BCUT2D eigenvalue weighted by Gasteiger charge is -2.19. The molecule has 0 aliphatic rings. The molecule has 57 heavy (non-hydrogen) atoms. The molecule has 0 spiro atoms. The number of hydrogen-bond donors (Lipinski definition) is 0. The summed E-state index contributed by atoms with van der Waals surface area (Å²) in [4.78, 5) is 4.91. The largest absolute Gasteiger partial charge is 0.436 e. The maximum atomic E-state index is 6.32. The summed E-state index contributed by atoms with van der Waals surface area (Å²) in [5.74, 6) is 0.647. The summed E-state index contributed by atoms with van der Waals surface area (Å²) in [6, 6.07) is 56.7. The van der Waals surface area contributed by atoms with E-state index in [-0.39, 0.29) is 5.41 Å². The van der Waals surface area contributed by atoms with Crippen LogP contribution in [0.3, 0.4) is 0 Å². The van der Waals surface area contributed by atoms with Gasteiger partial charge in [0, 0.05) is 22.0 Å². The number of fused-ring (bicyclic) bond motifs is 4. The Balaban J connectivity index is 0.000000706. The van der Waals surface area contributed by atoms with Gasteiger partial charge in [0.2, 0.25) is 5.89 Å². The number of aryl methyl sites for hydroxylation is 1. The summed E-state index contributed by atoms with van der Waals surface area (Å²) in [6.45, 7) is 13.0. The van der Waals surface area contributed by atoms with Gasteiger partial charge in [0.1, 0.15) is 5.52 Å². The highest BCUT2D eigenvalue weighted by molar-refractivity contribution is 6.09. The quantitative estimate of drug-likeness (QED) is 0.152. The molecule has 0 radical (unpaired) electrons. The second-order valence-electron chi connectivity index (χ2n) is 15.9. The first kappa shape index (κ1) is 37.5. The fraction of sp³-hybridized carbons (Fsp3) is 0.167. The van der Waals surface area contributed by atoms with E-state index in [2.05, 4.69) is 216 Å². The Morgan fingerprint density at radius 2 is 1.09 bits per heavy atom. The first-order valence-corrected chi connectivity index (χ1v) is 20.2. The molecule has 2 aromatic heterocycles. The van der Waals surface area contributed by atoms with E-state index in [1.807, 2.05) is 0 Å². The lowest BCUT2D eigenvalue weighted by molar-refractivity contribution is 0.589. The van der Waals surface area contributed by atoms with Gasteiger partial charge in [-0.05, 0) is 113 Å². The van der Waals surface area contributed by atoms with Crippen LogP contribution in [0.5, 0.6) is 0 Å². The van der Waals surface area contributed by atoms with Gasteiger partial charge in [-0.15, -0.1) is 0 Å². The van der Waals surface area contributed by atoms with Gasteiger partial charge >= 0.3 is 0 Å². The number of para-hydroxylation sites is 2. The Labute approximate surface area is 337 Å². The van der Waals surface area contributed by atoms with Crippen molar-refractivity contribution in [3.05, 3.63) is 181 Å². The van der Waals surface area contributed by atoms with Crippen molar-refractivity contribution < 1.29 is 4.42 Å². The van der Waals surface area contributed by atoms with Gasteiger partial charge in [0.05, 0.1) is 11.0 Å². The SMILES string of the molecule is C/C=C\CCC.Cc1cc(C(C)(C)C)cc2nc(-c3ccc(-c4ccccc4-c4ccccc4-c4ccc(-n5c6ccccc6c6ccccc65)cc4)cc3)oc12. The first-order valence-electron chi connectivity index (χ1n) is 20.2. The Kier molecular flexibility index (Phi) is 10.5. The third-order valence-electron chi connectivity index (χ3n) is 10.8. The molecule has 3 heteroatoms. The number of benzene rings is 7. The van der Waals surface area contributed by atoms with Crippen LogP contribution < -0.4 is 0 Å². The Morgan fingerprint density at radius 3 is 1.60 bits per heavy atom. The average molecular weight is 743 g/mol. The maximum absolute atomic E-state index is 6.32. The number of aromatic nitrogens is 2. The molecular weight excluding hydrogens is 693 g/mol. The minimum atomic E-state index is 0.0443. The van der Waals surface area contributed by atoms with Crippen molar-refractivity contribution in [3.8, 4) is 50.5 Å². The van der Waals surface area contributed by atoms with Crippen LogP contribution in [0.15, 0.2) is 174 Å². The Hall–Kier alpha value is -6.45. The average Bonchev–Trinajstić information content (AvgIpc) is 3.83. The topological polar surface area (TPSA) is 31.0 Å². The number of nitrogens with zero attached hydrogens (tertiary/aromatic N) is 2. The molecule has 0 aliphatic carbocycles. The number of unbranched alkanes of at least 4 members (excludes halogenated alkanes) is 1. The van der Waals surface area contributed by atoms with Crippen LogP contribution in [0.2, 0.25) is 0 Å². The van der Waals surface area contributed by atoms with Gasteiger partial charge in [-0.25, -0.2) is 4.98 Å². The lowest BCUT2D eigenvalue weighted by atomic mass is 9.86. The van der Waals surface area contributed by atoms with Crippen molar-refractivity contribution in [2.75, 3.05) is 0 Å². The number of oxazole rings is 1. The minimum Gasteiger partial charge on any atom is -0.436 e. The van der Waals surface area contributed by atoms with E-state index < -0.39 is 0 Å². The first-order chi connectivity index (χ1) is 27.7. The molecule has 0 unspecified atom stereocenters. The van der Waals surface area contributed by atoms with E-state index in [0.717, 1.165) is 33.5 Å². The summed E-state index contributed by atoms with van der Waals surface area (Å²) in [6.07, 6.45) is 6.77. The van der Waals surface area contributed by atoms with Crippen LogP contribution >= 0.6 is 0 Å². The van der Waals surface area contributed by atoms with E-state index in [1.165, 1.54) is 68.0 Å². The molecule has 9 aromatic rings. The van der Waals surface area contributed by atoms with E-state index in [1.54, 1.807) is 0 Å². The Morgan fingerprint density at radius 1 is 0.596 bits per heavy atom. The van der Waals surface area contributed by atoms with Gasteiger partial charge < -0.3 is 8.98 Å². The molecule has 0 saturated carbocycles. The molecule has 0 saturated heterocycles. The second-order valence-corrected chi connectivity index (χ2v) is 15.9. The second kappa shape index (κ2) is 16.0.